The molecule has 2 aliphatic heterocycles. The molecule has 0 unspecified atom stereocenters. The lowest BCUT2D eigenvalue weighted by atomic mass is 9.94. The molecule has 1 fully saturated rings. The monoisotopic (exact) mass is 792 g/mol. The maximum Gasteiger partial charge on any atom is 0.329 e. The van der Waals surface area contributed by atoms with Crippen LogP contribution in [0.2, 0.25) is 0 Å². The zero-order valence-electron chi connectivity index (χ0n) is 33.1. The van der Waals surface area contributed by atoms with Gasteiger partial charge in [-0.2, -0.15) is 0 Å². The van der Waals surface area contributed by atoms with E-state index in [0.717, 1.165) is 64.3 Å². The van der Waals surface area contributed by atoms with Gasteiger partial charge in [0.05, 0.1) is 36.5 Å². The van der Waals surface area contributed by atoms with Crippen LogP contribution in [0, 0.1) is 0 Å². The van der Waals surface area contributed by atoms with Crippen molar-refractivity contribution in [2.75, 3.05) is 49.8 Å². The van der Waals surface area contributed by atoms with Crippen LogP contribution in [-0.4, -0.2) is 92.1 Å². The molecule has 2 aromatic heterocycles. The number of benzene rings is 3. The molecular weight excluding hydrogens is 745 g/mol. The third-order valence-electron chi connectivity index (χ3n) is 10.5. The van der Waals surface area contributed by atoms with Gasteiger partial charge in [0.15, 0.2) is 0 Å². The summed E-state index contributed by atoms with van der Waals surface area (Å²) in [6.07, 6.45) is 4.34. The Morgan fingerprint density at radius 3 is 2.21 bits per heavy atom. The zero-order valence-corrected chi connectivity index (χ0v) is 33.9. The highest BCUT2D eigenvalue weighted by Crippen LogP contribution is 2.44. The molecule has 3 aromatic carbocycles. The summed E-state index contributed by atoms with van der Waals surface area (Å²) in [5.41, 5.74) is 7.41. The molecular formula is C43H48N6O7S. The van der Waals surface area contributed by atoms with Crippen molar-refractivity contribution in [1.82, 2.24) is 20.2 Å². The summed E-state index contributed by atoms with van der Waals surface area (Å²) in [6, 6.07) is 22.7. The number of aromatic amines is 1. The molecule has 1 saturated heterocycles. The van der Waals surface area contributed by atoms with E-state index in [1.54, 1.807) is 75.2 Å². The Hall–Kier alpha value is -5.73. The van der Waals surface area contributed by atoms with Gasteiger partial charge in [-0.25, -0.2) is 18.2 Å². The summed E-state index contributed by atoms with van der Waals surface area (Å²) in [5, 5.41) is 3.22. The van der Waals surface area contributed by atoms with Crippen molar-refractivity contribution in [2.24, 2.45) is 0 Å². The van der Waals surface area contributed by atoms with Gasteiger partial charge in [-0.3, -0.25) is 24.3 Å². The summed E-state index contributed by atoms with van der Waals surface area (Å²) < 4.78 is 34.9. The second-order valence-corrected chi connectivity index (χ2v) is 18.0. The SMILES string of the molecule is COc1ccc(-c2c(-c3ccc(CN4CCC(S(C)(=O)=O)CC4)cc3)[nH]c3ncc4c(c23)CN(c2ccc(C(=O)NCC(=O)OC(C)(C)C)cc2)C(=O)N4C)cc1. The van der Waals surface area contributed by atoms with Crippen LogP contribution >= 0.6 is 0 Å². The number of hydrogen-bond donors (Lipinski definition) is 2. The van der Waals surface area contributed by atoms with Gasteiger partial charge < -0.3 is 19.8 Å². The highest BCUT2D eigenvalue weighted by molar-refractivity contribution is 7.91. The van der Waals surface area contributed by atoms with E-state index in [1.807, 2.05) is 24.3 Å². The van der Waals surface area contributed by atoms with Crippen molar-refractivity contribution in [3.05, 3.63) is 95.7 Å². The Kier molecular flexibility index (Phi) is 10.9. The molecule has 3 amide bonds. The van der Waals surface area contributed by atoms with Gasteiger partial charge in [0.25, 0.3) is 5.91 Å². The number of carbonyl (C=O) groups is 3. The number of H-pyrrole nitrogens is 1. The van der Waals surface area contributed by atoms with Gasteiger partial charge in [-0.05, 0) is 99.8 Å². The normalized spacial score (nSPS) is 15.4. The smallest absolute Gasteiger partial charge is 0.329 e. The minimum absolute atomic E-state index is 0.247. The van der Waals surface area contributed by atoms with Crippen molar-refractivity contribution in [3.63, 3.8) is 0 Å². The topological polar surface area (TPSA) is 154 Å². The Morgan fingerprint density at radius 2 is 1.60 bits per heavy atom. The number of nitrogens with zero attached hydrogens (tertiary/aromatic N) is 4. The van der Waals surface area contributed by atoms with Crippen molar-refractivity contribution in [2.45, 2.75) is 57.6 Å². The van der Waals surface area contributed by atoms with E-state index in [0.29, 0.717) is 35.4 Å². The lowest BCUT2D eigenvalue weighted by Crippen LogP contribution is -2.45. The number of aromatic nitrogens is 2. The molecule has 57 heavy (non-hydrogen) atoms. The average molecular weight is 793 g/mol. The summed E-state index contributed by atoms with van der Waals surface area (Å²) in [5.74, 6) is -0.240. The number of esters is 1. The van der Waals surface area contributed by atoms with Crippen LogP contribution in [0.3, 0.4) is 0 Å². The van der Waals surface area contributed by atoms with E-state index in [2.05, 4.69) is 39.5 Å². The van der Waals surface area contributed by atoms with Crippen LogP contribution < -0.4 is 19.9 Å². The second kappa shape index (κ2) is 15.7. The number of hydrogen-bond acceptors (Lipinski definition) is 9. The molecule has 2 aliphatic rings. The van der Waals surface area contributed by atoms with Crippen LogP contribution in [0.25, 0.3) is 33.4 Å². The molecule has 7 rings (SSSR count). The molecule has 5 aromatic rings. The van der Waals surface area contributed by atoms with Crippen molar-refractivity contribution in [1.29, 1.82) is 0 Å². The number of likely N-dealkylation sites (tertiary alicyclic amines) is 1. The van der Waals surface area contributed by atoms with Gasteiger partial charge in [0.2, 0.25) is 0 Å². The Morgan fingerprint density at radius 1 is 0.947 bits per heavy atom. The largest absolute Gasteiger partial charge is 0.497 e. The lowest BCUT2D eigenvalue weighted by Gasteiger charge is -2.35. The molecule has 298 valence electrons. The fraction of sp³-hybridized carbons (Fsp3) is 0.349. The number of pyridine rings is 1. The number of piperidine rings is 1. The quantitative estimate of drug-likeness (QED) is 0.150. The van der Waals surface area contributed by atoms with Gasteiger partial charge in [0, 0.05) is 47.6 Å². The molecule has 13 nitrogen and oxygen atoms in total. The molecule has 14 heteroatoms. The summed E-state index contributed by atoms with van der Waals surface area (Å²) in [7, 11) is 0.324. The number of sulfone groups is 1. The van der Waals surface area contributed by atoms with Gasteiger partial charge in [-0.1, -0.05) is 36.4 Å². The third-order valence-corrected chi connectivity index (χ3v) is 12.2. The van der Waals surface area contributed by atoms with Gasteiger partial charge in [0.1, 0.15) is 33.4 Å². The fourth-order valence-corrected chi connectivity index (χ4v) is 8.66. The molecule has 0 radical (unpaired) electrons. The number of carbonyl (C=O) groups excluding carboxylic acids is 3. The molecule has 0 spiro atoms. The van der Waals surface area contributed by atoms with E-state index in [4.69, 9.17) is 14.5 Å². The first-order valence-electron chi connectivity index (χ1n) is 18.9. The minimum Gasteiger partial charge on any atom is -0.497 e. The summed E-state index contributed by atoms with van der Waals surface area (Å²) >= 11 is 0. The summed E-state index contributed by atoms with van der Waals surface area (Å²) in [6.45, 7) is 7.48. The first-order valence-corrected chi connectivity index (χ1v) is 20.9. The van der Waals surface area contributed by atoms with Crippen LogP contribution in [-0.2, 0) is 32.5 Å². The van der Waals surface area contributed by atoms with Gasteiger partial charge >= 0.3 is 12.0 Å². The maximum absolute atomic E-state index is 13.9. The molecule has 0 saturated carbocycles. The second-order valence-electron chi connectivity index (χ2n) is 15.7. The fourth-order valence-electron chi connectivity index (χ4n) is 7.59. The number of ether oxygens (including phenoxy) is 2. The van der Waals surface area contributed by atoms with Gasteiger partial charge in [-0.15, -0.1) is 0 Å². The van der Waals surface area contributed by atoms with E-state index < -0.39 is 27.3 Å². The number of fused-ring (bicyclic) bond motifs is 3. The van der Waals surface area contributed by atoms with E-state index >= 15 is 0 Å². The van der Waals surface area contributed by atoms with Crippen molar-refractivity contribution in [3.8, 4) is 28.1 Å². The van der Waals surface area contributed by atoms with Crippen LogP contribution in [0.15, 0.2) is 79.0 Å². The number of amides is 3. The number of rotatable bonds is 10. The standard InChI is InChI=1S/C43H48N6O7S/c1-43(2,3)56-36(50)24-45-41(51)30-11-15-31(16-12-30)49-26-34-35(47(4)42(49)52)23-44-40-38(34)37(28-13-17-32(55-5)18-14-28)39(46-40)29-9-7-27(8-10-29)25-48-21-19-33(20-22-48)57(6,53)54/h7-18,23,33H,19-22,24-26H2,1-6H3,(H,44,46)(H,45,51). The number of methoxy groups -OCH3 is 1. The lowest BCUT2D eigenvalue weighted by molar-refractivity contribution is -0.153. The van der Waals surface area contributed by atoms with Crippen molar-refractivity contribution >= 4 is 50.2 Å². The number of anilines is 2. The molecule has 0 atom stereocenters. The van der Waals surface area contributed by atoms with Crippen LogP contribution in [0.4, 0.5) is 16.2 Å². The molecule has 0 bridgehead atoms. The highest BCUT2D eigenvalue weighted by Gasteiger charge is 2.33. The minimum atomic E-state index is -3.03. The highest BCUT2D eigenvalue weighted by atomic mass is 32.2. The van der Waals surface area contributed by atoms with Crippen molar-refractivity contribution < 1.29 is 32.3 Å². The van der Waals surface area contributed by atoms with E-state index in [9.17, 15) is 22.8 Å². The first-order chi connectivity index (χ1) is 27.1. The molecule has 2 N–H and O–H groups in total. The maximum atomic E-state index is 13.9. The Bertz CT molecular complexity index is 2410. The van der Waals surface area contributed by atoms with E-state index in [1.165, 1.54) is 6.26 Å². The van der Waals surface area contributed by atoms with E-state index in [-0.39, 0.29) is 24.4 Å². The third kappa shape index (κ3) is 8.52. The summed E-state index contributed by atoms with van der Waals surface area (Å²) in [4.78, 5) is 52.8. The number of urea groups is 1. The Labute approximate surface area is 332 Å². The predicted octanol–water partition coefficient (Wildman–Crippen LogP) is 6.56. The van der Waals surface area contributed by atoms with Crippen LogP contribution in [0.5, 0.6) is 5.75 Å². The van der Waals surface area contributed by atoms with Crippen LogP contribution in [0.1, 0.15) is 55.1 Å². The molecule has 4 heterocycles. The first kappa shape index (κ1) is 39.5. The zero-order chi connectivity index (χ0) is 40.6. The predicted molar refractivity (Wildman–Crippen MR) is 221 cm³/mol. The Balaban J connectivity index is 1.19. The molecule has 0 aliphatic carbocycles. The number of nitrogens with one attached hydrogen (secondary N) is 2. The average Bonchev–Trinajstić information content (AvgIpc) is 3.58.